The monoisotopic (exact) mass is 476 g/mol. The van der Waals surface area contributed by atoms with Gasteiger partial charge in [-0.15, -0.1) is 13.2 Å². The van der Waals surface area contributed by atoms with Crippen LogP contribution in [-0.4, -0.2) is 49.5 Å². The number of carbonyl (C=O) groups excluding carboxylic acids is 1. The maximum atomic E-state index is 13.2. The number of amides is 1. The van der Waals surface area contributed by atoms with Gasteiger partial charge in [0, 0.05) is 25.5 Å². The largest absolute Gasteiger partial charge is 0.573 e. The van der Waals surface area contributed by atoms with E-state index >= 15 is 0 Å². The molecule has 3 heterocycles. The van der Waals surface area contributed by atoms with Gasteiger partial charge in [0.05, 0.1) is 23.5 Å². The lowest BCUT2D eigenvalue weighted by Crippen LogP contribution is -2.36. The summed E-state index contributed by atoms with van der Waals surface area (Å²) >= 11 is 0. The van der Waals surface area contributed by atoms with E-state index in [-0.39, 0.29) is 29.7 Å². The molecular formula is C23H23F3N4O4. The predicted octanol–water partition coefficient (Wildman–Crippen LogP) is 3.62. The number of nitrogens with zero attached hydrogens (tertiary/aromatic N) is 4. The van der Waals surface area contributed by atoms with Gasteiger partial charge in [-0.1, -0.05) is 0 Å². The fraction of sp³-hybridized carbons (Fsp3) is 0.348. The summed E-state index contributed by atoms with van der Waals surface area (Å²) in [6.45, 7) is 2.88. The van der Waals surface area contributed by atoms with Crippen LogP contribution in [0.4, 0.5) is 13.2 Å². The molecular weight excluding hydrogens is 453 g/mol. The van der Waals surface area contributed by atoms with Gasteiger partial charge in [0.2, 0.25) is 5.88 Å². The van der Waals surface area contributed by atoms with Gasteiger partial charge in [-0.25, -0.2) is 9.36 Å². The minimum absolute atomic E-state index is 0.0118. The number of hydrogen-bond donors (Lipinski definition) is 1. The molecule has 2 aromatic heterocycles. The molecule has 1 N–H and O–H groups in total. The van der Waals surface area contributed by atoms with Gasteiger partial charge in [-0.2, -0.15) is 0 Å². The molecule has 1 fully saturated rings. The van der Waals surface area contributed by atoms with Crippen LogP contribution < -0.4 is 10.4 Å². The number of rotatable bonds is 5. The molecule has 0 radical (unpaired) electrons. The molecule has 1 amide bonds. The summed E-state index contributed by atoms with van der Waals surface area (Å²) < 4.78 is 43.4. The number of aromatic nitrogens is 3. The zero-order chi connectivity index (χ0) is 24.5. The van der Waals surface area contributed by atoms with Gasteiger partial charge in [0.1, 0.15) is 5.75 Å². The van der Waals surface area contributed by atoms with Gasteiger partial charge in [0.15, 0.2) is 0 Å². The lowest BCUT2D eigenvalue weighted by molar-refractivity contribution is -0.274. The van der Waals surface area contributed by atoms with Crippen molar-refractivity contribution in [3.8, 4) is 17.3 Å². The highest BCUT2D eigenvalue weighted by atomic mass is 19.4. The van der Waals surface area contributed by atoms with E-state index in [1.807, 2.05) is 0 Å². The summed E-state index contributed by atoms with van der Waals surface area (Å²) in [6, 6.07) is 6.24. The van der Waals surface area contributed by atoms with E-state index < -0.39 is 17.8 Å². The molecule has 0 spiro atoms. The summed E-state index contributed by atoms with van der Waals surface area (Å²) in [5.74, 6) is -0.956. The lowest BCUT2D eigenvalue weighted by Gasteiger charge is -2.27. The molecule has 4 rings (SSSR count). The average Bonchev–Trinajstić information content (AvgIpc) is 3.02. The summed E-state index contributed by atoms with van der Waals surface area (Å²) in [6.07, 6.45) is 1.11. The van der Waals surface area contributed by atoms with Crippen molar-refractivity contribution in [1.82, 2.24) is 19.0 Å². The summed E-state index contributed by atoms with van der Waals surface area (Å²) in [5.41, 5.74) is 0.762. The number of aromatic hydroxyl groups is 1. The van der Waals surface area contributed by atoms with Crippen molar-refractivity contribution in [2.45, 2.75) is 39.1 Å². The third-order valence-electron chi connectivity index (χ3n) is 5.80. The SMILES string of the molecule is Cc1c(O)n(-c2ccc(OC(F)(F)F)cc2)c(=O)n1Cc1ccncc1C(=O)N1CCCCC1. The van der Waals surface area contributed by atoms with E-state index in [1.165, 1.54) is 29.1 Å². The van der Waals surface area contributed by atoms with Crippen LogP contribution in [0.25, 0.3) is 5.69 Å². The number of alkyl halides is 3. The first-order valence-electron chi connectivity index (χ1n) is 10.7. The molecule has 34 heavy (non-hydrogen) atoms. The van der Waals surface area contributed by atoms with Gasteiger partial charge in [0.25, 0.3) is 5.91 Å². The first kappa shape index (κ1) is 23.4. The molecule has 1 aromatic carbocycles. The molecule has 1 aliphatic heterocycles. The van der Waals surface area contributed by atoms with Gasteiger partial charge in [-0.05, 0) is 62.1 Å². The fourth-order valence-corrected chi connectivity index (χ4v) is 4.04. The minimum atomic E-state index is -4.84. The van der Waals surface area contributed by atoms with Crippen LogP contribution in [-0.2, 0) is 6.54 Å². The Bertz CT molecular complexity index is 1240. The van der Waals surface area contributed by atoms with Crippen molar-refractivity contribution >= 4 is 5.91 Å². The lowest BCUT2D eigenvalue weighted by atomic mass is 10.1. The molecule has 0 atom stereocenters. The van der Waals surface area contributed by atoms with Crippen molar-refractivity contribution < 1.29 is 27.8 Å². The van der Waals surface area contributed by atoms with Crippen LogP contribution in [0.15, 0.2) is 47.5 Å². The Kier molecular flexibility index (Phi) is 6.36. The molecule has 180 valence electrons. The maximum Gasteiger partial charge on any atom is 0.573 e. The molecule has 3 aromatic rings. The first-order chi connectivity index (χ1) is 16.2. The maximum absolute atomic E-state index is 13.2. The fourth-order valence-electron chi connectivity index (χ4n) is 4.04. The molecule has 0 unspecified atom stereocenters. The Labute approximate surface area is 192 Å². The number of carbonyl (C=O) groups is 1. The van der Waals surface area contributed by atoms with Gasteiger partial charge < -0.3 is 14.7 Å². The number of piperidine rings is 1. The van der Waals surface area contributed by atoms with Gasteiger partial charge in [-0.3, -0.25) is 14.3 Å². The third-order valence-corrected chi connectivity index (χ3v) is 5.80. The number of benzene rings is 1. The third kappa shape index (κ3) is 4.78. The van der Waals surface area contributed by atoms with E-state index in [1.54, 1.807) is 17.9 Å². The molecule has 1 aliphatic rings. The predicted molar refractivity (Wildman–Crippen MR) is 116 cm³/mol. The molecule has 0 aliphatic carbocycles. The second-order valence-electron chi connectivity index (χ2n) is 8.04. The van der Waals surface area contributed by atoms with Crippen molar-refractivity contribution in [3.63, 3.8) is 0 Å². The molecule has 0 bridgehead atoms. The smallest absolute Gasteiger partial charge is 0.493 e. The molecule has 0 saturated carbocycles. The van der Waals surface area contributed by atoms with E-state index in [0.29, 0.717) is 24.2 Å². The van der Waals surface area contributed by atoms with Crippen molar-refractivity contribution in [3.05, 3.63) is 70.0 Å². The second kappa shape index (κ2) is 9.24. The normalized spacial score (nSPS) is 14.3. The van der Waals surface area contributed by atoms with Crippen LogP contribution in [0.5, 0.6) is 11.6 Å². The van der Waals surface area contributed by atoms with Crippen LogP contribution in [0, 0.1) is 6.92 Å². The summed E-state index contributed by atoms with van der Waals surface area (Å²) in [7, 11) is 0. The van der Waals surface area contributed by atoms with E-state index in [2.05, 4.69) is 9.72 Å². The minimum Gasteiger partial charge on any atom is -0.493 e. The van der Waals surface area contributed by atoms with Crippen LogP contribution in [0.1, 0.15) is 40.9 Å². The summed E-state index contributed by atoms with van der Waals surface area (Å²) in [4.78, 5) is 32.1. The highest BCUT2D eigenvalue weighted by Gasteiger charge is 2.31. The van der Waals surface area contributed by atoms with E-state index in [0.717, 1.165) is 36.0 Å². The number of hydrogen-bond acceptors (Lipinski definition) is 5. The van der Waals surface area contributed by atoms with Crippen molar-refractivity contribution in [1.29, 1.82) is 0 Å². The van der Waals surface area contributed by atoms with Crippen LogP contribution >= 0.6 is 0 Å². The Morgan fingerprint density at radius 2 is 1.79 bits per heavy atom. The number of likely N-dealkylation sites (tertiary alicyclic amines) is 1. The first-order valence-corrected chi connectivity index (χ1v) is 10.7. The Balaban J connectivity index is 1.65. The van der Waals surface area contributed by atoms with E-state index in [4.69, 9.17) is 0 Å². The molecule has 8 nitrogen and oxygen atoms in total. The Hall–Kier alpha value is -3.76. The standard InChI is InChI=1S/C23H23F3N4O4/c1-15-20(31)30(17-5-7-18(8-6-17)34-23(24,25)26)22(33)29(15)14-16-9-10-27-13-19(16)21(32)28-11-3-2-4-12-28/h5-10,13,31H,2-4,11-12,14H2,1H3. The summed E-state index contributed by atoms with van der Waals surface area (Å²) in [5, 5.41) is 10.6. The van der Waals surface area contributed by atoms with Crippen molar-refractivity contribution in [2.24, 2.45) is 0 Å². The average molecular weight is 476 g/mol. The molecule has 11 heteroatoms. The van der Waals surface area contributed by atoms with Gasteiger partial charge >= 0.3 is 12.1 Å². The zero-order valence-corrected chi connectivity index (χ0v) is 18.4. The highest BCUT2D eigenvalue weighted by molar-refractivity contribution is 5.95. The number of ether oxygens (including phenoxy) is 1. The number of halogens is 3. The second-order valence-corrected chi connectivity index (χ2v) is 8.04. The van der Waals surface area contributed by atoms with Crippen LogP contribution in [0.2, 0.25) is 0 Å². The Morgan fingerprint density at radius 3 is 2.44 bits per heavy atom. The Morgan fingerprint density at radius 1 is 1.12 bits per heavy atom. The zero-order valence-electron chi connectivity index (χ0n) is 18.4. The number of imidazole rings is 1. The molecule has 1 saturated heterocycles. The van der Waals surface area contributed by atoms with E-state index in [9.17, 15) is 27.9 Å². The number of pyridine rings is 1. The van der Waals surface area contributed by atoms with Crippen LogP contribution in [0.3, 0.4) is 0 Å². The quantitative estimate of drug-likeness (QED) is 0.608. The topological polar surface area (TPSA) is 89.6 Å². The highest BCUT2D eigenvalue weighted by Crippen LogP contribution is 2.26. The van der Waals surface area contributed by atoms with Crippen molar-refractivity contribution in [2.75, 3.05) is 13.1 Å².